The van der Waals surface area contributed by atoms with E-state index in [1.165, 1.54) is 10.9 Å². The molecular formula is C31H19NO4. The average Bonchev–Trinajstić information content (AvgIpc) is 3.63. The molecular weight excluding hydrogens is 450 g/mol. The molecule has 0 spiro atoms. The van der Waals surface area contributed by atoms with Gasteiger partial charge in [-0.3, -0.25) is 14.2 Å². The number of ketones is 2. The Morgan fingerprint density at radius 1 is 0.833 bits per heavy atom. The third-order valence-corrected chi connectivity index (χ3v) is 7.83. The summed E-state index contributed by atoms with van der Waals surface area (Å²) < 4.78 is 14.0. The zero-order valence-corrected chi connectivity index (χ0v) is 19.6. The van der Waals surface area contributed by atoms with Gasteiger partial charge >= 0.3 is 0 Å². The average molecular weight is 469 g/mol. The van der Waals surface area contributed by atoms with Crippen LogP contribution in [-0.4, -0.2) is 16.1 Å². The zero-order valence-electron chi connectivity index (χ0n) is 19.6. The number of fused-ring (bicyclic) bond motifs is 7. The van der Waals surface area contributed by atoms with Crippen molar-refractivity contribution in [1.82, 2.24) is 4.57 Å². The van der Waals surface area contributed by atoms with E-state index >= 15 is 0 Å². The highest BCUT2D eigenvalue weighted by Crippen LogP contribution is 2.48. The summed E-state index contributed by atoms with van der Waals surface area (Å²) in [6.07, 6.45) is 3.15. The Balaban J connectivity index is 1.35. The van der Waals surface area contributed by atoms with Crippen LogP contribution in [0.15, 0.2) is 87.4 Å². The molecule has 0 atom stereocenters. The fourth-order valence-corrected chi connectivity index (χ4v) is 6.02. The van der Waals surface area contributed by atoms with E-state index in [-0.39, 0.29) is 22.6 Å². The van der Waals surface area contributed by atoms with Gasteiger partial charge in [0.15, 0.2) is 11.6 Å². The van der Waals surface area contributed by atoms with E-state index in [4.69, 9.17) is 8.83 Å². The second-order valence-electron chi connectivity index (χ2n) is 10.1. The molecule has 4 heterocycles. The van der Waals surface area contributed by atoms with Gasteiger partial charge < -0.3 is 8.83 Å². The number of hydrogen-bond acceptors (Lipinski definition) is 4. The van der Waals surface area contributed by atoms with Crippen molar-refractivity contribution in [2.45, 2.75) is 19.3 Å². The van der Waals surface area contributed by atoms with Crippen molar-refractivity contribution in [1.29, 1.82) is 0 Å². The maximum atomic E-state index is 13.2. The Bertz CT molecular complexity index is 1950. The third kappa shape index (κ3) is 2.25. The van der Waals surface area contributed by atoms with E-state index in [9.17, 15) is 9.59 Å². The van der Waals surface area contributed by atoms with E-state index < -0.39 is 0 Å². The summed E-state index contributed by atoms with van der Waals surface area (Å²) in [7, 11) is 0. The van der Waals surface area contributed by atoms with E-state index in [2.05, 4.69) is 48.7 Å². The normalized spacial score (nSPS) is 17.0. The van der Waals surface area contributed by atoms with E-state index in [0.29, 0.717) is 22.5 Å². The molecule has 0 saturated heterocycles. The minimum absolute atomic E-state index is 0.113. The van der Waals surface area contributed by atoms with Crippen LogP contribution in [-0.2, 0) is 5.41 Å². The number of rotatable bonds is 1. The van der Waals surface area contributed by atoms with Crippen molar-refractivity contribution >= 4 is 50.4 Å². The Morgan fingerprint density at radius 2 is 1.61 bits per heavy atom. The smallest absolute Gasteiger partial charge is 0.209 e. The molecule has 5 nitrogen and oxygen atoms in total. The summed E-state index contributed by atoms with van der Waals surface area (Å²) in [5, 5.41) is 3.14. The van der Waals surface area contributed by atoms with Gasteiger partial charge in [0.1, 0.15) is 11.3 Å². The van der Waals surface area contributed by atoms with Crippen LogP contribution in [0.4, 0.5) is 0 Å². The number of furan rings is 2. The molecule has 3 aromatic heterocycles. The number of allylic oxidation sites excluding steroid dienone is 1. The second-order valence-corrected chi connectivity index (χ2v) is 10.1. The van der Waals surface area contributed by atoms with Crippen molar-refractivity contribution in [3.8, 4) is 5.88 Å². The first-order valence-electron chi connectivity index (χ1n) is 11.9. The predicted molar refractivity (Wildman–Crippen MR) is 138 cm³/mol. The van der Waals surface area contributed by atoms with Crippen LogP contribution < -0.4 is 0 Å². The summed E-state index contributed by atoms with van der Waals surface area (Å²) in [4.78, 5) is 26.5. The van der Waals surface area contributed by atoms with Gasteiger partial charge in [-0.1, -0.05) is 50.2 Å². The van der Waals surface area contributed by atoms with Crippen molar-refractivity contribution in [3.63, 3.8) is 0 Å². The highest BCUT2D eigenvalue weighted by Gasteiger charge is 2.39. The summed E-state index contributed by atoms with van der Waals surface area (Å²) in [5.74, 6) is 0.618. The molecule has 0 bridgehead atoms. The molecule has 0 radical (unpaired) electrons. The fraction of sp³-hybridized carbons (Fsp3) is 0.0968. The first-order chi connectivity index (χ1) is 17.4. The first kappa shape index (κ1) is 19.6. The minimum atomic E-state index is -0.323. The maximum absolute atomic E-state index is 13.2. The highest BCUT2D eigenvalue weighted by atomic mass is 16.4. The molecule has 36 heavy (non-hydrogen) atoms. The zero-order chi connectivity index (χ0) is 24.3. The number of nitrogens with zero attached hydrogens (tertiary/aromatic N) is 1. The standard InChI is InChI=1S/C31H19NO4/c1-31(2)23-8-5-7-19-18-6-3-4-9-25(18)32(27(19)23)30-24(31)14-17(36-30)13-22-28(33)20-12-16-10-11-35-26(16)15-21(20)29(22)34/h3-15H,1-2H3/b22-13-. The predicted octanol–water partition coefficient (Wildman–Crippen LogP) is 7.22. The molecule has 1 aliphatic heterocycles. The quantitative estimate of drug-likeness (QED) is 0.188. The van der Waals surface area contributed by atoms with E-state index in [1.54, 1.807) is 30.5 Å². The van der Waals surface area contributed by atoms with Crippen molar-refractivity contribution in [2.24, 2.45) is 0 Å². The lowest BCUT2D eigenvalue weighted by Crippen LogP contribution is -2.24. The van der Waals surface area contributed by atoms with Gasteiger partial charge in [0.2, 0.25) is 5.88 Å². The Labute approximate surface area is 205 Å². The van der Waals surface area contributed by atoms with Crippen LogP contribution in [0.1, 0.15) is 51.5 Å². The SMILES string of the molecule is CC1(C)c2cc(/C=C3/C(=O)c4cc5ccoc5cc4C3=O)oc2-n2c3ccccc3c3cccc1c32. The molecule has 0 fully saturated rings. The van der Waals surface area contributed by atoms with Crippen molar-refractivity contribution in [3.05, 3.63) is 107 Å². The molecule has 0 unspecified atom stereocenters. The van der Waals surface area contributed by atoms with Gasteiger partial charge in [-0.15, -0.1) is 0 Å². The third-order valence-electron chi connectivity index (χ3n) is 7.83. The first-order valence-corrected chi connectivity index (χ1v) is 11.9. The van der Waals surface area contributed by atoms with Crippen LogP contribution in [0.3, 0.4) is 0 Å². The van der Waals surface area contributed by atoms with Crippen LogP contribution in [0.2, 0.25) is 0 Å². The van der Waals surface area contributed by atoms with Gasteiger partial charge in [0.05, 0.1) is 22.9 Å². The minimum Gasteiger partial charge on any atom is -0.464 e. The Kier molecular flexibility index (Phi) is 3.45. The fourth-order valence-electron chi connectivity index (χ4n) is 6.02. The topological polar surface area (TPSA) is 65.3 Å². The summed E-state index contributed by atoms with van der Waals surface area (Å²) >= 11 is 0. The molecule has 0 N–H and O–H groups in total. The summed E-state index contributed by atoms with van der Waals surface area (Å²) in [6, 6.07) is 21.9. The molecule has 2 aliphatic rings. The molecule has 172 valence electrons. The second kappa shape index (κ2) is 6.32. The number of hydrogen-bond donors (Lipinski definition) is 0. The maximum Gasteiger partial charge on any atom is 0.209 e. The van der Waals surface area contributed by atoms with Crippen LogP contribution in [0, 0.1) is 0 Å². The van der Waals surface area contributed by atoms with Gasteiger partial charge in [0, 0.05) is 38.3 Å². The van der Waals surface area contributed by atoms with Gasteiger partial charge in [0.25, 0.3) is 0 Å². The highest BCUT2D eigenvalue weighted by molar-refractivity contribution is 6.41. The lowest BCUT2D eigenvalue weighted by Gasteiger charge is -2.31. The number of para-hydroxylation sites is 2. The van der Waals surface area contributed by atoms with Crippen molar-refractivity contribution in [2.75, 3.05) is 0 Å². The van der Waals surface area contributed by atoms with Crippen LogP contribution >= 0.6 is 0 Å². The Morgan fingerprint density at radius 3 is 2.47 bits per heavy atom. The number of aromatic nitrogens is 1. The molecule has 0 saturated carbocycles. The lowest BCUT2D eigenvalue weighted by atomic mass is 9.76. The largest absolute Gasteiger partial charge is 0.464 e. The molecule has 5 heteroatoms. The Hall–Kier alpha value is -4.64. The molecule has 6 aromatic rings. The van der Waals surface area contributed by atoms with Gasteiger partial charge in [-0.25, -0.2) is 0 Å². The van der Waals surface area contributed by atoms with Crippen LogP contribution in [0.5, 0.6) is 0 Å². The van der Waals surface area contributed by atoms with Gasteiger partial charge in [-0.05, 0) is 42.0 Å². The molecule has 0 amide bonds. The number of carbonyl (C=O) groups is 2. The number of benzene rings is 3. The number of Topliss-reactive ketones (excluding diaryl/α,β-unsaturated/α-hetero) is 2. The van der Waals surface area contributed by atoms with E-state index in [1.807, 2.05) is 18.2 Å². The number of carbonyl (C=O) groups excluding carboxylic acids is 2. The molecule has 3 aromatic carbocycles. The van der Waals surface area contributed by atoms with Crippen LogP contribution in [0.25, 0.3) is 44.7 Å². The lowest BCUT2D eigenvalue weighted by molar-refractivity contribution is 0.0990. The monoisotopic (exact) mass is 469 g/mol. The summed E-state index contributed by atoms with van der Waals surface area (Å²) in [5.41, 5.74) is 5.58. The molecule has 8 rings (SSSR count). The molecule has 1 aliphatic carbocycles. The van der Waals surface area contributed by atoms with E-state index in [0.717, 1.165) is 33.3 Å². The summed E-state index contributed by atoms with van der Waals surface area (Å²) in [6.45, 7) is 4.37. The van der Waals surface area contributed by atoms with Gasteiger partial charge in [-0.2, -0.15) is 0 Å². The van der Waals surface area contributed by atoms with Crippen molar-refractivity contribution < 1.29 is 18.4 Å².